The lowest BCUT2D eigenvalue weighted by Gasteiger charge is -2.02. The maximum absolute atomic E-state index is 12.0. The van der Waals surface area contributed by atoms with Crippen LogP contribution in [0.5, 0.6) is 0 Å². The van der Waals surface area contributed by atoms with Crippen LogP contribution in [0, 0.1) is 10.1 Å². The van der Waals surface area contributed by atoms with Crippen molar-refractivity contribution in [3.05, 3.63) is 64.0 Å². The molecule has 90 valence electrons. The van der Waals surface area contributed by atoms with Gasteiger partial charge < -0.3 is 5.73 Å². The van der Waals surface area contributed by atoms with E-state index in [0.717, 1.165) is 0 Å². The molecular formula is C12H9N3O3. The number of nitro benzene ring substituents is 1. The van der Waals surface area contributed by atoms with Crippen molar-refractivity contribution in [3.63, 3.8) is 0 Å². The number of ketones is 1. The number of nitrogens with two attached hydrogens (primary N) is 1. The van der Waals surface area contributed by atoms with E-state index in [1.807, 2.05) is 0 Å². The summed E-state index contributed by atoms with van der Waals surface area (Å²) in [5, 5.41) is 10.7. The van der Waals surface area contributed by atoms with Gasteiger partial charge in [0.25, 0.3) is 5.69 Å². The number of nitro groups is 1. The maximum Gasteiger partial charge on any atom is 0.292 e. The molecule has 0 aliphatic heterocycles. The number of rotatable bonds is 3. The van der Waals surface area contributed by atoms with Crippen LogP contribution in [-0.2, 0) is 0 Å². The molecule has 1 aromatic carbocycles. The summed E-state index contributed by atoms with van der Waals surface area (Å²) >= 11 is 0. The van der Waals surface area contributed by atoms with E-state index < -0.39 is 4.92 Å². The number of aromatic nitrogens is 1. The van der Waals surface area contributed by atoms with Gasteiger partial charge >= 0.3 is 0 Å². The zero-order valence-electron chi connectivity index (χ0n) is 9.24. The lowest BCUT2D eigenvalue weighted by Crippen LogP contribution is -2.04. The Kier molecular flexibility index (Phi) is 3.01. The van der Waals surface area contributed by atoms with Gasteiger partial charge in [0.15, 0.2) is 5.78 Å². The molecule has 18 heavy (non-hydrogen) atoms. The Bertz CT molecular complexity index is 611. The maximum atomic E-state index is 12.0. The summed E-state index contributed by atoms with van der Waals surface area (Å²) in [6, 6.07) is 7.09. The monoisotopic (exact) mass is 243 g/mol. The van der Waals surface area contributed by atoms with Crippen molar-refractivity contribution >= 4 is 17.2 Å². The number of hydrogen-bond donors (Lipinski definition) is 1. The highest BCUT2D eigenvalue weighted by Gasteiger charge is 2.16. The van der Waals surface area contributed by atoms with Gasteiger partial charge in [-0.25, -0.2) is 0 Å². The van der Waals surface area contributed by atoms with Gasteiger partial charge in [-0.2, -0.15) is 0 Å². The Morgan fingerprint density at radius 1 is 1.17 bits per heavy atom. The first-order valence-corrected chi connectivity index (χ1v) is 5.08. The minimum atomic E-state index is -0.612. The van der Waals surface area contributed by atoms with Crippen LogP contribution in [0.2, 0.25) is 0 Å². The molecule has 6 heteroatoms. The zero-order chi connectivity index (χ0) is 13.1. The van der Waals surface area contributed by atoms with Crippen molar-refractivity contribution < 1.29 is 9.72 Å². The third-order valence-corrected chi connectivity index (χ3v) is 2.43. The molecule has 0 fully saturated rings. The Morgan fingerprint density at radius 2 is 1.83 bits per heavy atom. The third-order valence-electron chi connectivity index (χ3n) is 2.43. The summed E-state index contributed by atoms with van der Waals surface area (Å²) in [6.45, 7) is 0. The number of pyridine rings is 1. The van der Waals surface area contributed by atoms with E-state index in [4.69, 9.17) is 5.73 Å². The molecule has 0 aliphatic rings. The van der Waals surface area contributed by atoms with Crippen molar-refractivity contribution in [2.24, 2.45) is 0 Å². The lowest BCUT2D eigenvalue weighted by molar-refractivity contribution is -0.383. The van der Waals surface area contributed by atoms with Gasteiger partial charge in [0.05, 0.1) is 4.92 Å². The Labute approximate surface area is 102 Å². The number of carbonyl (C=O) groups is 1. The summed E-state index contributed by atoms with van der Waals surface area (Å²) in [6.07, 6.45) is 2.97. The summed E-state index contributed by atoms with van der Waals surface area (Å²) in [4.78, 5) is 26.0. The normalized spacial score (nSPS) is 10.0. The molecule has 0 saturated carbocycles. The van der Waals surface area contributed by atoms with Gasteiger partial charge in [0.1, 0.15) is 5.69 Å². The number of hydrogen-bond acceptors (Lipinski definition) is 5. The van der Waals surface area contributed by atoms with Gasteiger partial charge in [-0.05, 0) is 24.3 Å². The third kappa shape index (κ3) is 2.17. The molecule has 0 aliphatic carbocycles. The quantitative estimate of drug-likeness (QED) is 0.383. The fourth-order valence-electron chi connectivity index (χ4n) is 1.51. The van der Waals surface area contributed by atoms with Gasteiger partial charge in [-0.1, -0.05) is 0 Å². The number of carbonyl (C=O) groups excluding carboxylic acids is 1. The second-order valence-corrected chi connectivity index (χ2v) is 3.60. The average Bonchev–Trinajstić information content (AvgIpc) is 2.39. The second kappa shape index (κ2) is 4.62. The molecule has 1 heterocycles. The molecule has 0 unspecified atom stereocenters. The van der Waals surface area contributed by atoms with Crippen LogP contribution in [-0.4, -0.2) is 15.7 Å². The van der Waals surface area contributed by atoms with Gasteiger partial charge in [0.2, 0.25) is 0 Å². The van der Waals surface area contributed by atoms with Gasteiger partial charge in [-0.3, -0.25) is 19.9 Å². The highest BCUT2D eigenvalue weighted by molar-refractivity contribution is 6.09. The molecule has 0 saturated heterocycles. The number of benzene rings is 1. The summed E-state index contributed by atoms with van der Waals surface area (Å²) < 4.78 is 0. The number of nitrogens with zero attached hydrogens (tertiary/aromatic N) is 2. The molecule has 2 N–H and O–H groups in total. The van der Waals surface area contributed by atoms with Crippen LogP contribution in [0.1, 0.15) is 15.9 Å². The highest BCUT2D eigenvalue weighted by Crippen LogP contribution is 2.23. The second-order valence-electron chi connectivity index (χ2n) is 3.60. The van der Waals surface area contributed by atoms with E-state index in [1.54, 1.807) is 12.1 Å². The molecule has 0 bridgehead atoms. The average molecular weight is 243 g/mol. The fraction of sp³-hybridized carbons (Fsp3) is 0. The Hall–Kier alpha value is -2.76. The molecule has 0 spiro atoms. The largest absolute Gasteiger partial charge is 0.393 e. The topological polar surface area (TPSA) is 99.1 Å². The molecule has 2 aromatic rings. The molecule has 0 amide bonds. The Morgan fingerprint density at radius 3 is 2.44 bits per heavy atom. The van der Waals surface area contributed by atoms with Crippen LogP contribution in [0.25, 0.3) is 0 Å². The summed E-state index contributed by atoms with van der Waals surface area (Å²) in [5.41, 5.74) is 5.88. The fourth-order valence-corrected chi connectivity index (χ4v) is 1.51. The van der Waals surface area contributed by atoms with Crippen LogP contribution in [0.3, 0.4) is 0 Å². The van der Waals surface area contributed by atoms with Crippen molar-refractivity contribution in [2.45, 2.75) is 0 Å². The first-order chi connectivity index (χ1) is 8.59. The number of nitrogen functional groups attached to an aromatic ring is 1. The van der Waals surface area contributed by atoms with Crippen LogP contribution in [0.4, 0.5) is 11.4 Å². The molecule has 6 nitrogen and oxygen atoms in total. The smallest absolute Gasteiger partial charge is 0.292 e. The van der Waals surface area contributed by atoms with E-state index in [2.05, 4.69) is 4.98 Å². The summed E-state index contributed by atoms with van der Waals surface area (Å²) in [7, 11) is 0. The first kappa shape index (κ1) is 11.7. The first-order valence-electron chi connectivity index (χ1n) is 5.08. The Balaban J connectivity index is 2.44. The van der Waals surface area contributed by atoms with Crippen molar-refractivity contribution in [3.8, 4) is 0 Å². The minimum absolute atomic E-state index is 0.0336. The molecule has 0 atom stereocenters. The van der Waals surface area contributed by atoms with Crippen LogP contribution >= 0.6 is 0 Å². The van der Waals surface area contributed by atoms with Gasteiger partial charge in [-0.15, -0.1) is 0 Å². The van der Waals surface area contributed by atoms with Crippen molar-refractivity contribution in [1.82, 2.24) is 4.98 Å². The van der Waals surface area contributed by atoms with E-state index in [0.29, 0.717) is 5.56 Å². The van der Waals surface area contributed by atoms with Gasteiger partial charge in [0, 0.05) is 29.6 Å². The predicted octanol–water partition coefficient (Wildman–Crippen LogP) is 1.80. The predicted molar refractivity (Wildman–Crippen MR) is 65.2 cm³/mol. The number of anilines is 1. The highest BCUT2D eigenvalue weighted by atomic mass is 16.6. The minimum Gasteiger partial charge on any atom is -0.393 e. The van der Waals surface area contributed by atoms with E-state index in [-0.39, 0.29) is 22.7 Å². The molecular weight excluding hydrogens is 234 g/mol. The standard InChI is InChI=1S/C12H9N3O3/c13-10-2-1-9(7-11(10)15(17)18)12(16)8-3-5-14-6-4-8/h1-7H,13H2. The van der Waals surface area contributed by atoms with E-state index in [9.17, 15) is 14.9 Å². The van der Waals surface area contributed by atoms with Crippen LogP contribution in [0.15, 0.2) is 42.7 Å². The molecule has 1 aromatic heterocycles. The zero-order valence-corrected chi connectivity index (χ0v) is 9.24. The van der Waals surface area contributed by atoms with Crippen LogP contribution < -0.4 is 5.73 Å². The van der Waals surface area contributed by atoms with Crippen molar-refractivity contribution in [2.75, 3.05) is 5.73 Å². The van der Waals surface area contributed by atoms with E-state index >= 15 is 0 Å². The lowest BCUT2D eigenvalue weighted by atomic mass is 10.0. The van der Waals surface area contributed by atoms with E-state index in [1.165, 1.54) is 30.6 Å². The van der Waals surface area contributed by atoms with Crippen molar-refractivity contribution in [1.29, 1.82) is 0 Å². The molecule has 0 radical (unpaired) electrons. The SMILES string of the molecule is Nc1ccc(C(=O)c2ccncc2)cc1[N+](=O)[O-]. The molecule has 2 rings (SSSR count). The summed E-state index contributed by atoms with van der Waals surface area (Å²) in [5.74, 6) is -0.305.